The van der Waals surface area contributed by atoms with Gasteiger partial charge in [-0.25, -0.2) is 4.79 Å². The highest BCUT2D eigenvalue weighted by Gasteiger charge is 2.32. The molecule has 1 atom stereocenters. The number of hydrogen-bond acceptors (Lipinski definition) is 4. The molecule has 2 heterocycles. The molecule has 0 bridgehead atoms. The standard InChI is InChI=1S/C18H29N3O3/c1-12-10-16(13(2)24-12)18(3,23)11-19-17(22)20-14-6-8-21(9-7-14)15-4-5-15/h10,14-15,23H,4-9,11H2,1-3H3,(H2,19,20,22)/t18-/m0/s1. The summed E-state index contributed by atoms with van der Waals surface area (Å²) < 4.78 is 5.47. The van der Waals surface area contributed by atoms with E-state index in [1.165, 1.54) is 12.8 Å². The topological polar surface area (TPSA) is 77.7 Å². The van der Waals surface area contributed by atoms with Crippen LogP contribution < -0.4 is 10.6 Å². The molecule has 1 aromatic heterocycles. The second kappa shape index (κ2) is 6.76. The van der Waals surface area contributed by atoms with Crippen molar-refractivity contribution < 1.29 is 14.3 Å². The van der Waals surface area contributed by atoms with Crippen molar-refractivity contribution in [3.05, 3.63) is 23.2 Å². The van der Waals surface area contributed by atoms with Crippen LogP contribution in [0.1, 0.15) is 49.7 Å². The maximum absolute atomic E-state index is 12.1. The van der Waals surface area contributed by atoms with E-state index < -0.39 is 5.60 Å². The van der Waals surface area contributed by atoms with Crippen molar-refractivity contribution in [1.82, 2.24) is 15.5 Å². The Morgan fingerprint density at radius 3 is 2.54 bits per heavy atom. The Hall–Kier alpha value is -1.53. The van der Waals surface area contributed by atoms with Gasteiger partial charge in [0.15, 0.2) is 0 Å². The van der Waals surface area contributed by atoms with Crippen molar-refractivity contribution in [2.24, 2.45) is 0 Å². The second-order valence-electron chi connectivity index (χ2n) is 7.47. The first-order valence-electron chi connectivity index (χ1n) is 8.93. The molecule has 6 heteroatoms. The Kier molecular flexibility index (Phi) is 4.88. The lowest BCUT2D eigenvalue weighted by molar-refractivity contribution is 0.0576. The summed E-state index contributed by atoms with van der Waals surface area (Å²) in [5.41, 5.74) is -0.424. The fraction of sp³-hybridized carbons (Fsp3) is 0.722. The van der Waals surface area contributed by atoms with Crippen LogP contribution in [-0.4, -0.2) is 47.8 Å². The van der Waals surface area contributed by atoms with Gasteiger partial charge < -0.3 is 25.1 Å². The quantitative estimate of drug-likeness (QED) is 0.769. The van der Waals surface area contributed by atoms with E-state index in [1.54, 1.807) is 6.92 Å². The van der Waals surface area contributed by atoms with E-state index in [2.05, 4.69) is 15.5 Å². The number of piperidine rings is 1. The van der Waals surface area contributed by atoms with Crippen molar-refractivity contribution in [2.75, 3.05) is 19.6 Å². The van der Waals surface area contributed by atoms with Crippen LogP contribution in [0, 0.1) is 13.8 Å². The maximum Gasteiger partial charge on any atom is 0.315 e. The van der Waals surface area contributed by atoms with Gasteiger partial charge in [-0.15, -0.1) is 0 Å². The Balaban J connectivity index is 1.44. The number of rotatable bonds is 5. The Morgan fingerprint density at radius 1 is 1.33 bits per heavy atom. The third kappa shape index (κ3) is 4.11. The number of urea groups is 1. The smallest absolute Gasteiger partial charge is 0.315 e. The summed E-state index contributed by atoms with van der Waals surface area (Å²) >= 11 is 0. The van der Waals surface area contributed by atoms with Gasteiger partial charge in [0.25, 0.3) is 0 Å². The molecule has 3 rings (SSSR count). The molecule has 0 unspecified atom stereocenters. The number of amides is 2. The molecule has 134 valence electrons. The molecule has 3 N–H and O–H groups in total. The molecule has 0 aromatic carbocycles. The average molecular weight is 335 g/mol. The van der Waals surface area contributed by atoms with Crippen LogP contribution in [0.5, 0.6) is 0 Å². The summed E-state index contributed by atoms with van der Waals surface area (Å²) in [7, 11) is 0. The number of nitrogens with one attached hydrogen (secondary N) is 2. The number of hydrogen-bond donors (Lipinski definition) is 3. The van der Waals surface area contributed by atoms with E-state index >= 15 is 0 Å². The highest BCUT2D eigenvalue weighted by atomic mass is 16.3. The summed E-state index contributed by atoms with van der Waals surface area (Å²) in [5, 5.41) is 16.5. The van der Waals surface area contributed by atoms with Gasteiger partial charge in [0.05, 0.1) is 6.54 Å². The van der Waals surface area contributed by atoms with Gasteiger partial charge >= 0.3 is 6.03 Å². The lowest BCUT2D eigenvalue weighted by atomic mass is 9.96. The predicted octanol–water partition coefficient (Wildman–Crippen LogP) is 2.03. The van der Waals surface area contributed by atoms with Crippen LogP contribution in [0.25, 0.3) is 0 Å². The van der Waals surface area contributed by atoms with Crippen molar-refractivity contribution in [2.45, 2.75) is 64.1 Å². The molecule has 1 saturated heterocycles. The fourth-order valence-electron chi connectivity index (χ4n) is 3.60. The molecule has 2 fully saturated rings. The number of likely N-dealkylation sites (tertiary alicyclic amines) is 1. The van der Waals surface area contributed by atoms with E-state index in [9.17, 15) is 9.90 Å². The minimum absolute atomic E-state index is 0.152. The zero-order valence-electron chi connectivity index (χ0n) is 14.9. The van der Waals surface area contributed by atoms with Crippen LogP contribution in [0.2, 0.25) is 0 Å². The van der Waals surface area contributed by atoms with Gasteiger partial charge in [0, 0.05) is 30.7 Å². The number of furan rings is 1. The minimum Gasteiger partial charge on any atom is -0.466 e. The first-order chi connectivity index (χ1) is 11.3. The van der Waals surface area contributed by atoms with E-state index in [0.717, 1.165) is 43.3 Å². The number of aliphatic hydroxyl groups is 1. The van der Waals surface area contributed by atoms with Gasteiger partial charge in [-0.2, -0.15) is 0 Å². The van der Waals surface area contributed by atoms with Crippen molar-refractivity contribution in [3.8, 4) is 0 Å². The third-order valence-electron chi connectivity index (χ3n) is 5.14. The molecular weight excluding hydrogens is 306 g/mol. The molecule has 24 heavy (non-hydrogen) atoms. The lowest BCUT2D eigenvalue weighted by Crippen LogP contribution is -2.50. The van der Waals surface area contributed by atoms with Crippen LogP contribution >= 0.6 is 0 Å². The second-order valence-corrected chi connectivity index (χ2v) is 7.47. The van der Waals surface area contributed by atoms with Gasteiger partial charge in [-0.05, 0) is 52.5 Å². The molecular formula is C18H29N3O3. The van der Waals surface area contributed by atoms with E-state index in [1.807, 2.05) is 19.9 Å². The lowest BCUT2D eigenvalue weighted by Gasteiger charge is -2.32. The van der Waals surface area contributed by atoms with Crippen molar-refractivity contribution in [1.29, 1.82) is 0 Å². The van der Waals surface area contributed by atoms with Crippen LogP contribution in [0.4, 0.5) is 4.79 Å². The summed E-state index contributed by atoms with van der Waals surface area (Å²) in [5.74, 6) is 1.45. The first-order valence-corrected chi connectivity index (χ1v) is 8.93. The molecule has 2 amide bonds. The molecule has 1 aliphatic heterocycles. The van der Waals surface area contributed by atoms with Gasteiger partial charge in [0.1, 0.15) is 17.1 Å². The third-order valence-corrected chi connectivity index (χ3v) is 5.14. The van der Waals surface area contributed by atoms with Crippen molar-refractivity contribution >= 4 is 6.03 Å². The Labute approximate surface area is 143 Å². The molecule has 0 spiro atoms. The van der Waals surface area contributed by atoms with E-state index in [4.69, 9.17) is 4.42 Å². The molecule has 1 aliphatic carbocycles. The first kappa shape index (κ1) is 17.3. The zero-order chi connectivity index (χ0) is 17.3. The fourth-order valence-corrected chi connectivity index (χ4v) is 3.60. The number of aryl methyl sites for hydroxylation is 2. The summed E-state index contributed by atoms with van der Waals surface area (Å²) in [6.07, 6.45) is 4.67. The normalized spacial score (nSPS) is 22.2. The number of carbonyl (C=O) groups excluding carboxylic acids is 1. The minimum atomic E-state index is -1.14. The Morgan fingerprint density at radius 2 is 2.00 bits per heavy atom. The SMILES string of the molecule is Cc1cc([C@@](C)(O)CNC(=O)NC2CCN(C3CC3)CC2)c(C)o1. The monoisotopic (exact) mass is 335 g/mol. The number of carbonyl (C=O) groups is 1. The zero-order valence-corrected chi connectivity index (χ0v) is 14.9. The molecule has 2 aliphatic rings. The largest absolute Gasteiger partial charge is 0.466 e. The number of nitrogens with zero attached hydrogens (tertiary/aromatic N) is 1. The molecule has 6 nitrogen and oxygen atoms in total. The van der Waals surface area contributed by atoms with Gasteiger partial charge in [0.2, 0.25) is 0 Å². The highest BCUT2D eigenvalue weighted by Crippen LogP contribution is 2.29. The highest BCUT2D eigenvalue weighted by molar-refractivity contribution is 5.74. The molecule has 1 aromatic rings. The molecule has 1 saturated carbocycles. The van der Waals surface area contributed by atoms with Crippen LogP contribution in [-0.2, 0) is 5.60 Å². The predicted molar refractivity (Wildman–Crippen MR) is 91.9 cm³/mol. The van der Waals surface area contributed by atoms with Crippen LogP contribution in [0.3, 0.4) is 0 Å². The summed E-state index contributed by atoms with van der Waals surface area (Å²) in [6.45, 7) is 7.66. The van der Waals surface area contributed by atoms with Crippen molar-refractivity contribution in [3.63, 3.8) is 0 Å². The van der Waals surface area contributed by atoms with E-state index in [0.29, 0.717) is 5.76 Å². The Bertz CT molecular complexity index is 584. The average Bonchev–Trinajstić information content (AvgIpc) is 3.31. The summed E-state index contributed by atoms with van der Waals surface area (Å²) in [4.78, 5) is 14.7. The molecule has 0 radical (unpaired) electrons. The van der Waals surface area contributed by atoms with E-state index in [-0.39, 0.29) is 18.6 Å². The van der Waals surface area contributed by atoms with Gasteiger partial charge in [-0.3, -0.25) is 0 Å². The van der Waals surface area contributed by atoms with Crippen LogP contribution in [0.15, 0.2) is 10.5 Å². The van der Waals surface area contributed by atoms with Gasteiger partial charge in [-0.1, -0.05) is 0 Å². The maximum atomic E-state index is 12.1. The summed E-state index contributed by atoms with van der Waals surface area (Å²) in [6, 6.07) is 2.64.